The topological polar surface area (TPSA) is 224 Å². The summed E-state index contributed by atoms with van der Waals surface area (Å²) in [6.07, 6.45) is -3.55. The average molecular weight is 891 g/mol. The predicted octanol–water partition coefficient (Wildman–Crippen LogP) is 3.52. The molecule has 0 bridgehead atoms. The van der Waals surface area contributed by atoms with Crippen LogP contribution < -0.4 is 31.2 Å². The second-order valence-corrected chi connectivity index (χ2v) is 15.3. The molecule has 0 spiro atoms. The third-order valence-corrected chi connectivity index (χ3v) is 10.8. The first kappa shape index (κ1) is 44.7. The van der Waals surface area contributed by atoms with E-state index >= 15 is 4.39 Å². The second-order valence-electron chi connectivity index (χ2n) is 15.3. The highest BCUT2D eigenvalue weighted by Crippen LogP contribution is 2.33. The third kappa shape index (κ3) is 10.5. The van der Waals surface area contributed by atoms with Gasteiger partial charge >= 0.3 is 6.36 Å². The number of primary amides is 1. The van der Waals surface area contributed by atoms with E-state index in [1.165, 1.54) is 35.2 Å². The Balaban J connectivity index is 0.847. The number of rotatable bonds is 16. The molecule has 0 aliphatic carbocycles. The number of hydrogen-bond acceptors (Lipinski definition) is 11. The summed E-state index contributed by atoms with van der Waals surface area (Å²) < 4.78 is 64.3. The van der Waals surface area contributed by atoms with Crippen molar-refractivity contribution in [1.82, 2.24) is 30.0 Å². The maximum Gasteiger partial charge on any atom is 0.573 e. The van der Waals surface area contributed by atoms with E-state index in [9.17, 15) is 46.7 Å². The van der Waals surface area contributed by atoms with E-state index in [1.807, 2.05) is 0 Å². The maximum atomic E-state index is 15.4. The van der Waals surface area contributed by atoms with Crippen LogP contribution in [0.2, 0.25) is 0 Å². The van der Waals surface area contributed by atoms with Crippen LogP contribution >= 0.6 is 0 Å². The van der Waals surface area contributed by atoms with Crippen molar-refractivity contribution in [1.29, 1.82) is 0 Å². The van der Waals surface area contributed by atoms with Crippen LogP contribution in [0.15, 0.2) is 73.2 Å². The Morgan fingerprint density at radius 1 is 0.969 bits per heavy atom. The van der Waals surface area contributed by atoms with Gasteiger partial charge in [0, 0.05) is 62.9 Å². The van der Waals surface area contributed by atoms with Gasteiger partial charge in [-0.2, -0.15) is 0 Å². The molecule has 2 fully saturated rings. The van der Waals surface area contributed by atoms with Crippen LogP contribution in [0.3, 0.4) is 0 Å². The lowest BCUT2D eigenvalue weighted by Crippen LogP contribution is -2.54. The molecular formula is C43H42F4N8O9. The van der Waals surface area contributed by atoms with Crippen molar-refractivity contribution in [3.05, 3.63) is 95.4 Å². The fraction of sp³-hybridized carbons (Fsp3) is 0.349. The zero-order chi connectivity index (χ0) is 45.7. The second kappa shape index (κ2) is 19.0. The predicted molar refractivity (Wildman–Crippen MR) is 217 cm³/mol. The molecule has 336 valence electrons. The summed E-state index contributed by atoms with van der Waals surface area (Å²) in [5.41, 5.74) is 7.74. The first-order valence-electron chi connectivity index (χ1n) is 20.3. The Bertz CT molecular complexity index is 2480. The number of carbonyl (C=O) groups excluding carboxylic acids is 7. The molecule has 17 nitrogen and oxygen atoms in total. The van der Waals surface area contributed by atoms with Gasteiger partial charge < -0.3 is 35.3 Å². The van der Waals surface area contributed by atoms with E-state index in [1.54, 1.807) is 35.3 Å². The first-order valence-corrected chi connectivity index (χ1v) is 20.3. The number of nitrogens with two attached hydrogens (primary N) is 1. The lowest BCUT2D eigenvalue weighted by Gasteiger charge is -2.35. The summed E-state index contributed by atoms with van der Waals surface area (Å²) in [7, 11) is 0. The minimum atomic E-state index is -4.85. The molecule has 7 rings (SSSR count). The number of amides is 7. The molecule has 3 aromatic carbocycles. The Morgan fingerprint density at radius 2 is 1.75 bits per heavy atom. The summed E-state index contributed by atoms with van der Waals surface area (Å²) in [5.74, 6) is -4.27. The number of imide groups is 2. The molecule has 21 heteroatoms. The average Bonchev–Trinajstić information content (AvgIpc) is 3.82. The van der Waals surface area contributed by atoms with Crippen LogP contribution in [0.25, 0.3) is 11.3 Å². The molecule has 3 atom stereocenters. The number of alkyl halides is 4. The summed E-state index contributed by atoms with van der Waals surface area (Å²) in [5, 5.41) is 8.05. The number of fused-ring (bicyclic) bond motifs is 1. The van der Waals surface area contributed by atoms with Crippen molar-refractivity contribution in [3.63, 3.8) is 0 Å². The molecule has 3 aliphatic heterocycles. The monoisotopic (exact) mass is 890 g/mol. The van der Waals surface area contributed by atoms with E-state index in [0.29, 0.717) is 35.5 Å². The van der Waals surface area contributed by atoms with E-state index < -0.39 is 65.9 Å². The normalized spacial score (nSPS) is 18.7. The number of halogens is 4. The number of likely N-dealkylation sites (tertiary alicyclic amines) is 1. The molecular weight excluding hydrogens is 849 g/mol. The van der Waals surface area contributed by atoms with E-state index in [0.717, 1.165) is 17.0 Å². The van der Waals surface area contributed by atoms with Crippen LogP contribution in [0, 0.1) is 0 Å². The summed E-state index contributed by atoms with van der Waals surface area (Å²) in [6.45, 7) is 0.711. The van der Waals surface area contributed by atoms with E-state index in [4.69, 9.17) is 10.5 Å². The Hall–Kier alpha value is -7.32. The van der Waals surface area contributed by atoms with E-state index in [-0.39, 0.29) is 86.6 Å². The van der Waals surface area contributed by atoms with Crippen LogP contribution in [0.1, 0.15) is 68.7 Å². The Kier molecular flexibility index (Phi) is 13.3. The van der Waals surface area contributed by atoms with Crippen molar-refractivity contribution < 1.29 is 60.6 Å². The van der Waals surface area contributed by atoms with Gasteiger partial charge in [-0.3, -0.25) is 43.8 Å². The van der Waals surface area contributed by atoms with Gasteiger partial charge in [-0.25, -0.2) is 9.37 Å². The fourth-order valence-corrected chi connectivity index (χ4v) is 7.69. The van der Waals surface area contributed by atoms with Crippen molar-refractivity contribution in [2.75, 3.05) is 31.5 Å². The number of hydrogen-bond donors (Lipinski definition) is 4. The number of anilines is 1. The minimum absolute atomic E-state index is 0.00666. The smallest absolute Gasteiger partial charge is 0.486 e. The van der Waals surface area contributed by atoms with Gasteiger partial charge in [0.25, 0.3) is 17.7 Å². The number of imidazole rings is 1. The highest BCUT2D eigenvalue weighted by atomic mass is 19.4. The lowest BCUT2D eigenvalue weighted by atomic mass is 10.0. The number of carbonyl (C=O) groups is 7. The van der Waals surface area contributed by atoms with Crippen LogP contribution in [-0.4, -0.2) is 112 Å². The molecule has 64 heavy (non-hydrogen) atoms. The molecule has 4 aromatic rings. The zero-order valence-electron chi connectivity index (χ0n) is 34.0. The number of nitrogens with zero attached hydrogens (tertiary/aromatic N) is 4. The largest absolute Gasteiger partial charge is 0.573 e. The number of nitrogens with one attached hydrogen (secondary N) is 3. The lowest BCUT2D eigenvalue weighted by molar-refractivity contribution is -0.274. The third-order valence-electron chi connectivity index (χ3n) is 10.8. The van der Waals surface area contributed by atoms with Gasteiger partial charge in [0.1, 0.15) is 23.6 Å². The number of benzene rings is 3. The highest BCUT2D eigenvalue weighted by molar-refractivity contribution is 6.25. The molecule has 4 heterocycles. The molecule has 7 amide bonds. The van der Waals surface area contributed by atoms with E-state index in [2.05, 4.69) is 25.7 Å². The summed E-state index contributed by atoms with van der Waals surface area (Å²) in [4.78, 5) is 94.9. The number of aryl methyl sites for hydroxylation is 1. The van der Waals surface area contributed by atoms with Gasteiger partial charge in [0.05, 0.1) is 41.7 Å². The standard InChI is InChI=1S/C43H42F4N8O9/c44-29-21-54(37(58)19-24-6-9-26(10-7-24)64-43(45,46)47)18-14-34(29)63-33-12-8-25(20-28(33)39(48)59)31-22-53(23-51-31)17-2-5-35(56)50-16-15-49-30-4-1-3-27-38(30)42(62)55(41(27)61)32-11-13-36(57)52-40(32)60/h1,3-4,6-10,12,20,22-23,29,32,34,49H,2,5,11,13-19,21H2,(H2,48,59)(H,50,56)(H,52,57,60)/t29-,32?,34-/m1/s1. The van der Waals surface area contributed by atoms with Crippen molar-refractivity contribution in [2.24, 2.45) is 5.73 Å². The van der Waals surface area contributed by atoms with Crippen molar-refractivity contribution in [2.45, 2.75) is 69.7 Å². The van der Waals surface area contributed by atoms with Gasteiger partial charge in [-0.05, 0) is 60.9 Å². The molecule has 2 saturated heterocycles. The number of aromatic nitrogens is 2. The minimum Gasteiger partial charge on any atom is -0.486 e. The molecule has 1 aromatic heterocycles. The number of ether oxygens (including phenoxy) is 2. The van der Waals surface area contributed by atoms with Crippen molar-refractivity contribution in [3.8, 4) is 22.8 Å². The highest BCUT2D eigenvalue weighted by Gasteiger charge is 2.45. The van der Waals surface area contributed by atoms with Gasteiger partial charge in [0.2, 0.25) is 23.6 Å². The van der Waals surface area contributed by atoms with Gasteiger partial charge in [-0.15, -0.1) is 13.2 Å². The van der Waals surface area contributed by atoms with Crippen molar-refractivity contribution >= 4 is 47.0 Å². The molecule has 0 saturated carbocycles. The van der Waals surface area contributed by atoms with Crippen LogP contribution in [-0.2, 0) is 32.1 Å². The molecule has 5 N–H and O–H groups in total. The number of piperidine rings is 2. The molecule has 0 radical (unpaired) electrons. The van der Waals surface area contributed by atoms with Gasteiger partial charge in [0.15, 0.2) is 6.17 Å². The Morgan fingerprint density at radius 3 is 2.47 bits per heavy atom. The maximum absolute atomic E-state index is 15.4. The summed E-state index contributed by atoms with van der Waals surface area (Å²) >= 11 is 0. The first-order chi connectivity index (χ1) is 30.5. The fourth-order valence-electron chi connectivity index (χ4n) is 7.69. The zero-order valence-corrected chi connectivity index (χ0v) is 34.0. The molecule has 3 aliphatic rings. The van der Waals surface area contributed by atoms with Crippen LogP contribution in [0.5, 0.6) is 11.5 Å². The van der Waals surface area contributed by atoms with Gasteiger partial charge in [-0.1, -0.05) is 18.2 Å². The Labute approximate surface area is 362 Å². The van der Waals surface area contributed by atoms with Crippen LogP contribution in [0.4, 0.5) is 23.2 Å². The summed E-state index contributed by atoms with van der Waals surface area (Å²) in [6, 6.07) is 13.1. The quantitative estimate of drug-likeness (QED) is 0.0724. The SMILES string of the molecule is NC(=O)c1cc(-c2cn(CCCC(=O)NCCNc3cccc4c3C(=O)N(C3CCC(=O)NC3=O)C4=O)cn2)ccc1O[C@@H]1CCN(C(=O)Cc2ccc(OC(F)(F)F)cc2)C[C@H]1F. The molecule has 1 unspecified atom stereocenters.